The molecule has 1 rings (SSSR count). The van der Waals surface area contributed by atoms with E-state index in [2.05, 4.69) is 0 Å². The summed E-state index contributed by atoms with van der Waals surface area (Å²) in [5.41, 5.74) is 0.543. The lowest BCUT2D eigenvalue weighted by Gasteiger charge is -2.22. The third kappa shape index (κ3) is 2.44. The number of methoxy groups -OCH3 is 1. The Hall–Kier alpha value is -1.29. The Morgan fingerprint density at radius 2 is 1.94 bits per heavy atom. The third-order valence-corrected chi connectivity index (χ3v) is 2.58. The number of hydrogen-bond acceptors (Lipinski definition) is 3. The van der Waals surface area contributed by atoms with Crippen LogP contribution < -0.4 is 4.74 Å². The fraction of sp³-hybridized carbons (Fsp3) is 0.455. The maximum atomic E-state index is 10.7. The van der Waals surface area contributed by atoms with E-state index in [4.69, 9.17) is 16.3 Å². The van der Waals surface area contributed by atoms with Crippen LogP contribution in [0.15, 0.2) is 12.1 Å². The first kappa shape index (κ1) is 12.8. The minimum absolute atomic E-state index is 0.133. The van der Waals surface area contributed by atoms with Crippen molar-refractivity contribution in [2.45, 2.75) is 26.2 Å². The molecule has 0 aliphatic heterocycles. The van der Waals surface area contributed by atoms with Crippen LogP contribution in [0.3, 0.4) is 0 Å². The Balaban J connectivity index is 3.44. The van der Waals surface area contributed by atoms with Crippen molar-refractivity contribution in [3.63, 3.8) is 0 Å². The van der Waals surface area contributed by atoms with Crippen LogP contribution in [0.2, 0.25) is 5.02 Å². The molecule has 1 aromatic carbocycles. The van der Waals surface area contributed by atoms with Gasteiger partial charge in [0.15, 0.2) is 0 Å². The molecular weight excluding hydrogens is 230 g/mol. The van der Waals surface area contributed by atoms with Gasteiger partial charge in [-0.05, 0) is 11.5 Å². The van der Waals surface area contributed by atoms with Gasteiger partial charge in [0, 0.05) is 5.56 Å². The molecule has 5 heteroatoms. The van der Waals surface area contributed by atoms with Gasteiger partial charge in [0.05, 0.1) is 18.1 Å². The molecule has 4 nitrogen and oxygen atoms in total. The summed E-state index contributed by atoms with van der Waals surface area (Å²) in [6.07, 6.45) is 0. The number of hydrogen-bond donors (Lipinski definition) is 0. The molecule has 0 bridgehead atoms. The minimum atomic E-state index is -0.517. The Morgan fingerprint density at radius 1 is 1.38 bits per heavy atom. The molecule has 0 saturated carbocycles. The van der Waals surface area contributed by atoms with Gasteiger partial charge in [-0.1, -0.05) is 32.4 Å². The van der Waals surface area contributed by atoms with Gasteiger partial charge >= 0.3 is 0 Å². The normalized spacial score (nSPS) is 11.3. The monoisotopic (exact) mass is 243 g/mol. The van der Waals surface area contributed by atoms with Crippen molar-refractivity contribution in [3.8, 4) is 5.75 Å². The molecule has 0 atom stereocenters. The van der Waals surface area contributed by atoms with E-state index in [1.807, 2.05) is 20.8 Å². The van der Waals surface area contributed by atoms with Gasteiger partial charge in [-0.3, -0.25) is 10.1 Å². The van der Waals surface area contributed by atoms with Gasteiger partial charge in [0.25, 0.3) is 5.69 Å². The van der Waals surface area contributed by atoms with Crippen LogP contribution in [0.5, 0.6) is 5.75 Å². The van der Waals surface area contributed by atoms with E-state index in [0.29, 0.717) is 5.75 Å². The van der Waals surface area contributed by atoms with Crippen molar-refractivity contribution < 1.29 is 9.66 Å². The average molecular weight is 244 g/mol. The van der Waals surface area contributed by atoms with Gasteiger partial charge < -0.3 is 4.74 Å². The lowest BCUT2D eigenvalue weighted by molar-refractivity contribution is -0.384. The van der Waals surface area contributed by atoms with Crippen LogP contribution in [0.1, 0.15) is 26.3 Å². The second kappa shape index (κ2) is 4.29. The quantitative estimate of drug-likeness (QED) is 0.590. The van der Waals surface area contributed by atoms with Crippen molar-refractivity contribution in [2.24, 2.45) is 0 Å². The van der Waals surface area contributed by atoms with Gasteiger partial charge in [0.1, 0.15) is 10.8 Å². The molecule has 0 fully saturated rings. The molecule has 0 saturated heterocycles. The number of nitro benzene ring substituents is 1. The van der Waals surface area contributed by atoms with Crippen molar-refractivity contribution in [1.29, 1.82) is 0 Å². The highest BCUT2D eigenvalue weighted by molar-refractivity contribution is 6.32. The molecular formula is C11H14ClNO3. The zero-order valence-electron chi connectivity index (χ0n) is 9.70. The third-order valence-electron chi connectivity index (χ3n) is 2.27. The predicted molar refractivity (Wildman–Crippen MR) is 63.4 cm³/mol. The van der Waals surface area contributed by atoms with E-state index in [9.17, 15) is 10.1 Å². The number of halogens is 1. The lowest BCUT2D eigenvalue weighted by atomic mass is 9.86. The number of rotatable bonds is 2. The highest BCUT2D eigenvalue weighted by Gasteiger charge is 2.24. The second-order valence-corrected chi connectivity index (χ2v) is 4.92. The van der Waals surface area contributed by atoms with Crippen LogP contribution >= 0.6 is 11.6 Å². The molecule has 0 heterocycles. The van der Waals surface area contributed by atoms with E-state index in [1.165, 1.54) is 13.2 Å². The molecule has 0 aliphatic carbocycles. The molecule has 0 unspecified atom stereocenters. The van der Waals surface area contributed by atoms with Gasteiger partial charge in [-0.15, -0.1) is 0 Å². The summed E-state index contributed by atoms with van der Waals surface area (Å²) in [5, 5.41) is 10.9. The number of ether oxygens (including phenoxy) is 1. The van der Waals surface area contributed by atoms with Crippen LogP contribution in [0.4, 0.5) is 5.69 Å². The predicted octanol–water partition coefficient (Wildman–Crippen LogP) is 3.55. The van der Waals surface area contributed by atoms with Crippen molar-refractivity contribution in [3.05, 3.63) is 32.8 Å². The van der Waals surface area contributed by atoms with Crippen molar-refractivity contribution in [2.75, 3.05) is 7.11 Å². The highest BCUT2D eigenvalue weighted by Crippen LogP contribution is 2.38. The Kier molecular flexibility index (Phi) is 3.43. The van der Waals surface area contributed by atoms with E-state index >= 15 is 0 Å². The van der Waals surface area contributed by atoms with Crippen LogP contribution in [0, 0.1) is 10.1 Å². The Labute approximate surface area is 99.3 Å². The zero-order chi connectivity index (χ0) is 12.5. The summed E-state index contributed by atoms with van der Waals surface area (Å²) < 4.78 is 5.15. The number of nitro groups is 1. The molecule has 0 N–H and O–H groups in total. The van der Waals surface area contributed by atoms with Gasteiger partial charge in [-0.25, -0.2) is 0 Å². The maximum absolute atomic E-state index is 10.7. The minimum Gasteiger partial charge on any atom is -0.496 e. The molecule has 1 aromatic rings. The highest BCUT2D eigenvalue weighted by atomic mass is 35.5. The first-order chi connectivity index (χ1) is 7.27. The molecule has 0 radical (unpaired) electrons. The summed E-state index contributed by atoms with van der Waals surface area (Å²) in [5.74, 6) is 0.489. The van der Waals surface area contributed by atoms with Gasteiger partial charge in [0.2, 0.25) is 0 Å². The number of benzene rings is 1. The van der Waals surface area contributed by atoms with Gasteiger partial charge in [-0.2, -0.15) is 0 Å². The van der Waals surface area contributed by atoms with E-state index in [1.54, 1.807) is 6.07 Å². The fourth-order valence-electron chi connectivity index (χ4n) is 1.44. The topological polar surface area (TPSA) is 52.4 Å². The van der Waals surface area contributed by atoms with Crippen molar-refractivity contribution >= 4 is 17.3 Å². The molecule has 0 spiro atoms. The van der Waals surface area contributed by atoms with Crippen molar-refractivity contribution in [1.82, 2.24) is 0 Å². The first-order valence-corrected chi connectivity index (χ1v) is 5.17. The SMILES string of the molecule is COc1cc([N+](=O)[O-])c(Cl)cc1C(C)(C)C. The summed E-state index contributed by atoms with van der Waals surface area (Å²) in [6, 6.07) is 2.96. The molecule has 16 heavy (non-hydrogen) atoms. The summed E-state index contributed by atoms with van der Waals surface area (Å²) in [4.78, 5) is 10.2. The largest absolute Gasteiger partial charge is 0.496 e. The molecule has 0 aromatic heterocycles. The second-order valence-electron chi connectivity index (χ2n) is 4.51. The number of nitrogens with zero attached hydrogens (tertiary/aromatic N) is 1. The molecule has 0 amide bonds. The smallest absolute Gasteiger partial charge is 0.291 e. The maximum Gasteiger partial charge on any atom is 0.291 e. The lowest BCUT2D eigenvalue weighted by Crippen LogP contribution is -2.13. The standard InChI is InChI=1S/C11H14ClNO3/c1-11(2,3)7-5-8(12)9(13(14)15)6-10(7)16-4/h5-6H,1-4H3. The average Bonchev–Trinajstić information content (AvgIpc) is 2.15. The molecule has 88 valence electrons. The van der Waals surface area contributed by atoms with Crippen LogP contribution in [-0.2, 0) is 5.41 Å². The van der Waals surface area contributed by atoms with E-state index in [0.717, 1.165) is 5.56 Å². The summed E-state index contributed by atoms with van der Waals surface area (Å²) in [7, 11) is 1.49. The zero-order valence-corrected chi connectivity index (χ0v) is 10.5. The molecule has 0 aliphatic rings. The fourth-order valence-corrected chi connectivity index (χ4v) is 1.67. The first-order valence-electron chi connectivity index (χ1n) is 4.79. The van der Waals surface area contributed by atoms with E-state index in [-0.39, 0.29) is 16.1 Å². The van der Waals surface area contributed by atoms with Crippen LogP contribution in [0.25, 0.3) is 0 Å². The summed E-state index contributed by atoms with van der Waals surface area (Å²) in [6.45, 7) is 5.98. The van der Waals surface area contributed by atoms with Crippen LogP contribution in [-0.4, -0.2) is 12.0 Å². The Morgan fingerprint density at radius 3 is 2.31 bits per heavy atom. The Bertz CT molecular complexity index is 424. The summed E-state index contributed by atoms with van der Waals surface area (Å²) >= 11 is 5.86. The van der Waals surface area contributed by atoms with E-state index < -0.39 is 4.92 Å².